The van der Waals surface area contributed by atoms with Crippen LogP contribution >= 0.6 is 0 Å². The van der Waals surface area contributed by atoms with Crippen molar-refractivity contribution in [2.45, 2.75) is 25.4 Å². The first-order valence-electron chi connectivity index (χ1n) is 6.06. The average Bonchev–Trinajstić information content (AvgIpc) is 2.71. The topological polar surface area (TPSA) is 78.6 Å². The minimum atomic E-state index is -0.807. The van der Waals surface area contributed by atoms with Gasteiger partial charge in [0.1, 0.15) is 6.04 Å². The summed E-state index contributed by atoms with van der Waals surface area (Å²) >= 11 is 0. The van der Waals surface area contributed by atoms with E-state index < -0.39 is 12.0 Å². The zero-order chi connectivity index (χ0) is 13.3. The van der Waals surface area contributed by atoms with Crippen LogP contribution in [0.25, 0.3) is 0 Å². The summed E-state index contributed by atoms with van der Waals surface area (Å²) < 4.78 is 0. The number of rotatable bonds is 3. The summed E-state index contributed by atoms with van der Waals surface area (Å²) in [5.41, 5.74) is 8.94. The molecule has 98 valence electrons. The van der Waals surface area contributed by atoms with Crippen LogP contribution in [0, 0.1) is 6.92 Å². The number of anilines is 2. The number of aliphatic carboxylic acids is 1. The normalized spacial score (nSPS) is 23.2. The molecule has 0 bridgehead atoms. The van der Waals surface area contributed by atoms with Gasteiger partial charge in [0, 0.05) is 31.0 Å². The summed E-state index contributed by atoms with van der Waals surface area (Å²) in [5, 5.41) is 12.3. The minimum Gasteiger partial charge on any atom is -0.480 e. The van der Waals surface area contributed by atoms with Gasteiger partial charge in [-0.25, -0.2) is 4.79 Å². The third-order valence-corrected chi connectivity index (χ3v) is 3.43. The third-order valence-electron chi connectivity index (χ3n) is 3.43. The summed E-state index contributed by atoms with van der Waals surface area (Å²) in [4.78, 5) is 13.1. The van der Waals surface area contributed by atoms with Crippen molar-refractivity contribution in [1.29, 1.82) is 0 Å². The highest BCUT2D eigenvalue weighted by Gasteiger charge is 2.35. The van der Waals surface area contributed by atoms with Crippen LogP contribution in [0.5, 0.6) is 0 Å². The molecule has 1 saturated heterocycles. The Kier molecular flexibility index (Phi) is 3.43. The van der Waals surface area contributed by atoms with Crippen molar-refractivity contribution < 1.29 is 9.90 Å². The lowest BCUT2D eigenvalue weighted by molar-refractivity contribution is -0.138. The van der Waals surface area contributed by atoms with Gasteiger partial charge in [0.05, 0.1) is 0 Å². The molecule has 0 aliphatic carbocycles. The molecule has 2 rings (SSSR count). The Labute approximate surface area is 107 Å². The van der Waals surface area contributed by atoms with E-state index in [9.17, 15) is 9.90 Å². The number of carboxylic acid groups (broad SMARTS) is 1. The van der Waals surface area contributed by atoms with E-state index in [4.69, 9.17) is 5.73 Å². The molecule has 1 heterocycles. The van der Waals surface area contributed by atoms with E-state index in [0.717, 1.165) is 16.9 Å². The Hall–Kier alpha value is -1.75. The van der Waals surface area contributed by atoms with Gasteiger partial charge in [-0.2, -0.15) is 0 Å². The minimum absolute atomic E-state index is 0.0737. The lowest BCUT2D eigenvalue weighted by Gasteiger charge is -2.24. The maximum Gasteiger partial charge on any atom is 0.326 e. The van der Waals surface area contributed by atoms with Gasteiger partial charge in [0.15, 0.2) is 0 Å². The van der Waals surface area contributed by atoms with E-state index in [1.165, 1.54) is 0 Å². The second-order valence-electron chi connectivity index (χ2n) is 4.75. The number of nitrogens with two attached hydrogens (primary N) is 1. The molecule has 2 atom stereocenters. The van der Waals surface area contributed by atoms with Gasteiger partial charge in [-0.05, 0) is 37.1 Å². The van der Waals surface area contributed by atoms with Gasteiger partial charge in [0.2, 0.25) is 0 Å². The molecule has 0 spiro atoms. The quantitative estimate of drug-likeness (QED) is 0.745. The van der Waals surface area contributed by atoms with E-state index in [1.807, 2.05) is 37.1 Å². The molecule has 1 aliphatic rings. The lowest BCUT2D eigenvalue weighted by atomic mass is 10.1. The molecule has 1 aliphatic heterocycles. The average molecular weight is 249 g/mol. The number of carboxylic acids is 1. The molecule has 0 radical (unpaired) electrons. The third kappa shape index (κ3) is 2.26. The van der Waals surface area contributed by atoms with E-state index in [0.29, 0.717) is 13.0 Å². The predicted molar refractivity (Wildman–Crippen MR) is 72.1 cm³/mol. The van der Waals surface area contributed by atoms with Crippen LogP contribution in [0.3, 0.4) is 0 Å². The monoisotopic (exact) mass is 249 g/mol. The molecule has 0 aromatic heterocycles. The van der Waals surface area contributed by atoms with Gasteiger partial charge in [-0.1, -0.05) is 0 Å². The van der Waals surface area contributed by atoms with Gasteiger partial charge in [0.25, 0.3) is 0 Å². The van der Waals surface area contributed by atoms with Crippen LogP contribution in [0.2, 0.25) is 0 Å². The fourth-order valence-electron chi connectivity index (χ4n) is 2.49. The number of nitrogens with zero attached hydrogens (tertiary/aromatic N) is 1. The Morgan fingerprint density at radius 2 is 2.28 bits per heavy atom. The Morgan fingerprint density at radius 3 is 2.83 bits per heavy atom. The first-order valence-corrected chi connectivity index (χ1v) is 6.06. The van der Waals surface area contributed by atoms with E-state index >= 15 is 0 Å². The largest absolute Gasteiger partial charge is 0.480 e. The molecule has 1 aromatic rings. The van der Waals surface area contributed by atoms with E-state index in [1.54, 1.807) is 0 Å². The molecule has 18 heavy (non-hydrogen) atoms. The smallest absolute Gasteiger partial charge is 0.326 e. The number of hydrogen-bond acceptors (Lipinski definition) is 4. The summed E-state index contributed by atoms with van der Waals surface area (Å²) in [6.07, 6.45) is 0.502. The highest BCUT2D eigenvalue weighted by Crippen LogP contribution is 2.28. The molecule has 5 nitrogen and oxygen atoms in total. The van der Waals surface area contributed by atoms with Crippen molar-refractivity contribution in [2.75, 3.05) is 23.8 Å². The molecule has 4 N–H and O–H groups in total. The number of carbonyl (C=O) groups is 1. The van der Waals surface area contributed by atoms with Crippen LogP contribution < -0.4 is 16.0 Å². The maximum atomic E-state index is 11.2. The summed E-state index contributed by atoms with van der Waals surface area (Å²) in [7, 11) is 1.87. The van der Waals surface area contributed by atoms with Crippen molar-refractivity contribution in [1.82, 2.24) is 0 Å². The molecule has 1 aromatic carbocycles. The van der Waals surface area contributed by atoms with Gasteiger partial charge in [-0.3, -0.25) is 0 Å². The van der Waals surface area contributed by atoms with Crippen molar-refractivity contribution in [2.24, 2.45) is 5.73 Å². The second kappa shape index (κ2) is 4.86. The van der Waals surface area contributed by atoms with E-state index in [-0.39, 0.29) is 6.04 Å². The van der Waals surface area contributed by atoms with Gasteiger partial charge in [-0.15, -0.1) is 0 Å². The summed E-state index contributed by atoms with van der Waals surface area (Å²) in [6, 6.07) is 5.32. The zero-order valence-corrected chi connectivity index (χ0v) is 10.7. The molecular weight excluding hydrogens is 230 g/mol. The Bertz CT molecular complexity index is 462. The lowest BCUT2D eigenvalue weighted by Crippen LogP contribution is -2.36. The van der Waals surface area contributed by atoms with Crippen LogP contribution in [-0.4, -0.2) is 36.8 Å². The van der Waals surface area contributed by atoms with Gasteiger partial charge < -0.3 is 21.1 Å². The number of hydrogen-bond donors (Lipinski definition) is 3. The van der Waals surface area contributed by atoms with Crippen molar-refractivity contribution in [3.05, 3.63) is 23.8 Å². The SMILES string of the molecule is CNc1ccc(N2CC(N)CC2C(=O)O)cc1C. The van der Waals surface area contributed by atoms with Gasteiger partial charge >= 0.3 is 5.97 Å². The molecule has 1 fully saturated rings. The first-order chi connectivity index (χ1) is 8.52. The van der Waals surface area contributed by atoms with Crippen LogP contribution in [0.1, 0.15) is 12.0 Å². The number of benzene rings is 1. The zero-order valence-electron chi connectivity index (χ0n) is 10.7. The van der Waals surface area contributed by atoms with Crippen molar-refractivity contribution >= 4 is 17.3 Å². The fraction of sp³-hybridized carbons (Fsp3) is 0.462. The highest BCUT2D eigenvalue weighted by atomic mass is 16.4. The summed E-state index contributed by atoms with van der Waals surface area (Å²) in [5.74, 6) is -0.807. The van der Waals surface area contributed by atoms with E-state index in [2.05, 4.69) is 5.32 Å². The Morgan fingerprint density at radius 1 is 1.56 bits per heavy atom. The molecule has 2 unspecified atom stereocenters. The van der Waals surface area contributed by atoms with Crippen LogP contribution in [0.4, 0.5) is 11.4 Å². The predicted octanol–water partition coefficient (Wildman–Crippen LogP) is 1.03. The van der Waals surface area contributed by atoms with Crippen LogP contribution in [0.15, 0.2) is 18.2 Å². The van der Waals surface area contributed by atoms with Crippen LogP contribution in [-0.2, 0) is 4.79 Å². The molecule has 5 heteroatoms. The standard InChI is InChI=1S/C13H19N3O2/c1-8-5-10(3-4-11(8)15-2)16-7-9(14)6-12(16)13(17)18/h3-5,9,12,15H,6-7,14H2,1-2H3,(H,17,18). The highest BCUT2D eigenvalue weighted by molar-refractivity contribution is 5.79. The van der Waals surface area contributed by atoms with Crippen molar-refractivity contribution in [3.63, 3.8) is 0 Å². The first kappa shape index (κ1) is 12.7. The number of nitrogens with one attached hydrogen (secondary N) is 1. The second-order valence-corrected chi connectivity index (χ2v) is 4.75. The molecule has 0 saturated carbocycles. The fourth-order valence-corrected chi connectivity index (χ4v) is 2.49. The molecule has 0 amide bonds. The molecular formula is C13H19N3O2. The summed E-state index contributed by atoms with van der Waals surface area (Å²) in [6.45, 7) is 2.59. The van der Waals surface area contributed by atoms with Crippen molar-refractivity contribution in [3.8, 4) is 0 Å². The Balaban J connectivity index is 2.30. The maximum absolute atomic E-state index is 11.2. The number of aryl methyl sites for hydroxylation is 1.